The third-order valence-corrected chi connectivity index (χ3v) is 5.10. The van der Waals surface area contributed by atoms with Crippen molar-refractivity contribution in [2.75, 3.05) is 20.2 Å². The highest BCUT2D eigenvalue weighted by molar-refractivity contribution is 7.89. The monoisotopic (exact) mass is 290 g/mol. The van der Waals surface area contributed by atoms with Crippen LogP contribution in [0, 0.1) is 0 Å². The van der Waals surface area contributed by atoms with Crippen LogP contribution < -0.4 is 10.5 Å². The van der Waals surface area contributed by atoms with Gasteiger partial charge in [-0.2, -0.15) is 4.31 Å². The van der Waals surface area contributed by atoms with E-state index in [1.54, 1.807) is 6.07 Å². The van der Waals surface area contributed by atoms with E-state index < -0.39 is 10.0 Å². The van der Waals surface area contributed by atoms with Crippen LogP contribution in [0.15, 0.2) is 23.1 Å². The maximum atomic E-state index is 12.3. The van der Waals surface area contributed by atoms with Crippen LogP contribution in [0.1, 0.15) is 6.42 Å². The lowest BCUT2D eigenvalue weighted by molar-refractivity contribution is 0.414. The standard InChI is InChI=1S/C11H15ClN2O3S/c1-17-11-3-2-9(6-10(11)12)18(15,16)14-5-4-8(13)7-14/h2-3,6,8H,4-5,7,13H2,1H3/t8-/m0/s1. The van der Waals surface area contributed by atoms with E-state index in [1.165, 1.54) is 23.5 Å². The van der Waals surface area contributed by atoms with Gasteiger partial charge in [-0.25, -0.2) is 8.42 Å². The van der Waals surface area contributed by atoms with E-state index in [2.05, 4.69) is 0 Å². The van der Waals surface area contributed by atoms with Gasteiger partial charge in [0, 0.05) is 19.1 Å². The van der Waals surface area contributed by atoms with Crippen LogP contribution in [0.3, 0.4) is 0 Å². The molecule has 1 aromatic carbocycles. The summed E-state index contributed by atoms with van der Waals surface area (Å²) in [5.74, 6) is 0.453. The van der Waals surface area contributed by atoms with Gasteiger partial charge in [0.2, 0.25) is 10.0 Å². The van der Waals surface area contributed by atoms with Crippen molar-refractivity contribution in [2.24, 2.45) is 5.73 Å². The maximum absolute atomic E-state index is 12.3. The van der Waals surface area contributed by atoms with E-state index in [0.29, 0.717) is 25.3 Å². The predicted molar refractivity (Wildman–Crippen MR) is 69.4 cm³/mol. The fraction of sp³-hybridized carbons (Fsp3) is 0.455. The third kappa shape index (κ3) is 2.47. The molecule has 0 unspecified atom stereocenters. The second-order valence-electron chi connectivity index (χ2n) is 4.21. The van der Waals surface area contributed by atoms with Gasteiger partial charge in [-0.3, -0.25) is 0 Å². The van der Waals surface area contributed by atoms with Crippen molar-refractivity contribution in [3.05, 3.63) is 23.2 Å². The Morgan fingerprint density at radius 2 is 2.22 bits per heavy atom. The largest absolute Gasteiger partial charge is 0.495 e. The van der Waals surface area contributed by atoms with Crippen LogP contribution in [0.2, 0.25) is 5.02 Å². The van der Waals surface area contributed by atoms with E-state index in [9.17, 15) is 8.42 Å². The summed E-state index contributed by atoms with van der Waals surface area (Å²) in [6.07, 6.45) is 0.684. The number of benzene rings is 1. The molecule has 2 rings (SSSR count). The summed E-state index contributed by atoms with van der Waals surface area (Å²) in [7, 11) is -2.02. The van der Waals surface area contributed by atoms with Crippen molar-refractivity contribution in [3.8, 4) is 5.75 Å². The number of methoxy groups -OCH3 is 1. The van der Waals surface area contributed by atoms with Gasteiger partial charge in [-0.1, -0.05) is 11.6 Å². The molecule has 7 heteroatoms. The highest BCUT2D eigenvalue weighted by Crippen LogP contribution is 2.29. The van der Waals surface area contributed by atoms with Crippen LogP contribution in [-0.4, -0.2) is 39.0 Å². The van der Waals surface area contributed by atoms with Crippen LogP contribution in [0.5, 0.6) is 5.75 Å². The normalized spacial score (nSPS) is 21.2. The van der Waals surface area contributed by atoms with E-state index in [0.717, 1.165) is 0 Å². The molecule has 0 spiro atoms. The van der Waals surface area contributed by atoms with E-state index in [4.69, 9.17) is 22.1 Å². The van der Waals surface area contributed by atoms with Gasteiger partial charge in [-0.05, 0) is 24.6 Å². The molecule has 18 heavy (non-hydrogen) atoms. The fourth-order valence-electron chi connectivity index (χ4n) is 1.93. The first-order valence-electron chi connectivity index (χ1n) is 5.54. The summed E-state index contributed by atoms with van der Waals surface area (Å²) < 4.78 is 31.0. The minimum absolute atomic E-state index is 0.0894. The zero-order valence-corrected chi connectivity index (χ0v) is 11.5. The molecule has 2 N–H and O–H groups in total. The quantitative estimate of drug-likeness (QED) is 0.904. The summed E-state index contributed by atoms with van der Waals surface area (Å²) in [6.45, 7) is 0.805. The van der Waals surface area contributed by atoms with Gasteiger partial charge in [0.25, 0.3) is 0 Å². The number of hydrogen-bond acceptors (Lipinski definition) is 4. The summed E-state index contributed by atoms with van der Waals surface area (Å²) in [5, 5.41) is 0.280. The van der Waals surface area contributed by atoms with Crippen molar-refractivity contribution >= 4 is 21.6 Å². The summed E-state index contributed by atoms with van der Waals surface area (Å²) >= 11 is 5.94. The predicted octanol–water partition coefficient (Wildman–Crippen LogP) is 1.07. The molecule has 1 heterocycles. The van der Waals surface area contributed by atoms with E-state index >= 15 is 0 Å². The molecule has 5 nitrogen and oxygen atoms in total. The lowest BCUT2D eigenvalue weighted by atomic mass is 10.3. The van der Waals surface area contributed by atoms with E-state index in [-0.39, 0.29) is 16.0 Å². The molecule has 1 aromatic rings. The molecular weight excluding hydrogens is 276 g/mol. The Bertz CT molecular complexity index is 547. The summed E-state index contributed by atoms with van der Waals surface area (Å²) in [5.41, 5.74) is 5.72. The Balaban J connectivity index is 2.33. The van der Waals surface area contributed by atoms with Crippen LogP contribution in [0.4, 0.5) is 0 Å². The minimum atomic E-state index is -3.51. The lowest BCUT2D eigenvalue weighted by Crippen LogP contribution is -2.31. The van der Waals surface area contributed by atoms with Crippen molar-refractivity contribution in [2.45, 2.75) is 17.4 Å². The topological polar surface area (TPSA) is 72.6 Å². The smallest absolute Gasteiger partial charge is 0.243 e. The third-order valence-electron chi connectivity index (χ3n) is 2.95. The molecule has 0 amide bonds. The van der Waals surface area contributed by atoms with Crippen molar-refractivity contribution < 1.29 is 13.2 Å². The number of sulfonamides is 1. The van der Waals surface area contributed by atoms with Crippen molar-refractivity contribution in [3.63, 3.8) is 0 Å². The van der Waals surface area contributed by atoms with Crippen LogP contribution in [-0.2, 0) is 10.0 Å². The highest BCUT2D eigenvalue weighted by atomic mass is 35.5. The average molecular weight is 291 g/mol. The molecule has 0 radical (unpaired) electrons. The number of hydrogen-bond donors (Lipinski definition) is 1. The highest BCUT2D eigenvalue weighted by Gasteiger charge is 2.31. The number of nitrogens with zero attached hydrogens (tertiary/aromatic N) is 1. The van der Waals surface area contributed by atoms with Gasteiger partial charge < -0.3 is 10.5 Å². The van der Waals surface area contributed by atoms with Crippen molar-refractivity contribution in [1.82, 2.24) is 4.31 Å². The molecule has 1 atom stereocenters. The molecular formula is C11H15ClN2O3S. The molecule has 1 aliphatic rings. The Hall–Kier alpha value is -0.820. The van der Waals surface area contributed by atoms with Gasteiger partial charge in [-0.15, -0.1) is 0 Å². The zero-order valence-electron chi connectivity index (χ0n) is 9.97. The first-order valence-corrected chi connectivity index (χ1v) is 7.36. The van der Waals surface area contributed by atoms with E-state index in [1.807, 2.05) is 0 Å². The SMILES string of the molecule is COc1ccc(S(=O)(=O)N2CC[C@H](N)C2)cc1Cl. The zero-order chi connectivity index (χ0) is 13.3. The molecule has 0 bridgehead atoms. The second-order valence-corrected chi connectivity index (χ2v) is 6.55. The van der Waals surface area contributed by atoms with Gasteiger partial charge in [0.15, 0.2) is 0 Å². The molecule has 0 aromatic heterocycles. The number of halogens is 1. The minimum Gasteiger partial charge on any atom is -0.495 e. The molecule has 100 valence electrons. The van der Waals surface area contributed by atoms with Crippen LogP contribution in [0.25, 0.3) is 0 Å². The average Bonchev–Trinajstić information content (AvgIpc) is 2.76. The number of ether oxygens (including phenoxy) is 1. The Morgan fingerprint density at radius 1 is 1.50 bits per heavy atom. The summed E-state index contributed by atoms with van der Waals surface area (Å²) in [6, 6.07) is 4.35. The first-order chi connectivity index (χ1) is 8.45. The summed E-state index contributed by atoms with van der Waals surface area (Å²) in [4.78, 5) is 0.169. The number of rotatable bonds is 3. The second kappa shape index (κ2) is 5.05. The fourth-order valence-corrected chi connectivity index (χ4v) is 3.79. The molecule has 1 fully saturated rings. The molecule has 1 saturated heterocycles. The lowest BCUT2D eigenvalue weighted by Gasteiger charge is -2.16. The van der Waals surface area contributed by atoms with Crippen molar-refractivity contribution in [1.29, 1.82) is 0 Å². The Kier molecular flexibility index (Phi) is 3.82. The number of nitrogens with two attached hydrogens (primary N) is 1. The maximum Gasteiger partial charge on any atom is 0.243 e. The first kappa shape index (κ1) is 13.6. The van der Waals surface area contributed by atoms with Gasteiger partial charge in [0.05, 0.1) is 17.0 Å². The molecule has 0 saturated carbocycles. The Morgan fingerprint density at radius 3 is 2.72 bits per heavy atom. The molecule has 1 aliphatic heterocycles. The molecule has 0 aliphatic carbocycles. The van der Waals surface area contributed by atoms with Crippen LogP contribution >= 0.6 is 11.6 Å². The van der Waals surface area contributed by atoms with Gasteiger partial charge >= 0.3 is 0 Å². The van der Waals surface area contributed by atoms with Gasteiger partial charge in [0.1, 0.15) is 5.75 Å². The Labute approximate surface area is 112 Å².